The first-order valence-electron chi connectivity index (χ1n) is 5.61. The van der Waals surface area contributed by atoms with Crippen LogP contribution in [0.3, 0.4) is 0 Å². The summed E-state index contributed by atoms with van der Waals surface area (Å²) >= 11 is 0. The van der Waals surface area contributed by atoms with Crippen molar-refractivity contribution in [2.45, 2.75) is 25.4 Å². The van der Waals surface area contributed by atoms with Crippen LogP contribution in [0.4, 0.5) is 0 Å². The van der Waals surface area contributed by atoms with Crippen molar-refractivity contribution in [2.75, 3.05) is 13.1 Å². The van der Waals surface area contributed by atoms with Crippen molar-refractivity contribution < 1.29 is 9.90 Å². The quantitative estimate of drug-likeness (QED) is 0.794. The minimum Gasteiger partial charge on any atom is -0.393 e. The van der Waals surface area contributed by atoms with Gasteiger partial charge in [0.15, 0.2) is 0 Å². The SMILES string of the molecule is O=C(Cc1ccccn1)N1CCC(O)CC1. The number of pyridine rings is 1. The average molecular weight is 220 g/mol. The molecule has 1 aliphatic rings. The van der Waals surface area contributed by atoms with E-state index in [-0.39, 0.29) is 12.0 Å². The molecular weight excluding hydrogens is 204 g/mol. The number of aliphatic hydroxyl groups excluding tert-OH is 1. The number of amides is 1. The number of aliphatic hydroxyl groups is 1. The Morgan fingerprint density at radius 3 is 2.81 bits per heavy atom. The molecule has 1 aromatic rings. The Bertz CT molecular complexity index is 345. The molecule has 0 bridgehead atoms. The molecule has 2 rings (SSSR count). The number of carbonyl (C=O) groups is 1. The second-order valence-corrected chi connectivity index (χ2v) is 4.11. The molecule has 0 spiro atoms. The number of aromatic nitrogens is 1. The van der Waals surface area contributed by atoms with Crippen LogP contribution in [0, 0.1) is 0 Å². The predicted molar refractivity (Wildman–Crippen MR) is 59.8 cm³/mol. The van der Waals surface area contributed by atoms with E-state index in [1.54, 1.807) is 11.1 Å². The Hall–Kier alpha value is -1.42. The fourth-order valence-corrected chi connectivity index (χ4v) is 1.88. The van der Waals surface area contributed by atoms with Crippen molar-refractivity contribution in [1.29, 1.82) is 0 Å². The normalized spacial score (nSPS) is 17.4. The van der Waals surface area contributed by atoms with Crippen molar-refractivity contribution in [2.24, 2.45) is 0 Å². The van der Waals surface area contributed by atoms with E-state index < -0.39 is 0 Å². The molecule has 0 radical (unpaired) electrons. The Morgan fingerprint density at radius 1 is 1.44 bits per heavy atom. The minimum atomic E-state index is -0.237. The van der Waals surface area contributed by atoms with E-state index in [4.69, 9.17) is 0 Å². The summed E-state index contributed by atoms with van der Waals surface area (Å²) in [6.45, 7) is 1.32. The molecule has 0 saturated carbocycles. The average Bonchev–Trinajstić information content (AvgIpc) is 2.31. The summed E-state index contributed by atoms with van der Waals surface area (Å²) in [5.41, 5.74) is 0.804. The van der Waals surface area contributed by atoms with Crippen LogP contribution in [0.2, 0.25) is 0 Å². The first-order valence-corrected chi connectivity index (χ1v) is 5.61. The van der Waals surface area contributed by atoms with Gasteiger partial charge in [-0.15, -0.1) is 0 Å². The molecule has 0 aromatic carbocycles. The Labute approximate surface area is 94.9 Å². The third-order valence-electron chi connectivity index (χ3n) is 2.88. The lowest BCUT2D eigenvalue weighted by Crippen LogP contribution is -2.40. The largest absolute Gasteiger partial charge is 0.393 e. The highest BCUT2D eigenvalue weighted by Crippen LogP contribution is 2.11. The monoisotopic (exact) mass is 220 g/mol. The smallest absolute Gasteiger partial charge is 0.228 e. The summed E-state index contributed by atoms with van der Waals surface area (Å²) in [6.07, 6.45) is 3.19. The summed E-state index contributed by atoms with van der Waals surface area (Å²) in [6, 6.07) is 5.58. The molecule has 1 amide bonds. The summed E-state index contributed by atoms with van der Waals surface area (Å²) in [4.78, 5) is 17.8. The predicted octanol–water partition coefficient (Wildman–Crippen LogP) is 0.607. The van der Waals surface area contributed by atoms with Gasteiger partial charge in [0.25, 0.3) is 0 Å². The highest BCUT2D eigenvalue weighted by atomic mass is 16.3. The van der Waals surface area contributed by atoms with Crippen molar-refractivity contribution >= 4 is 5.91 Å². The third-order valence-corrected chi connectivity index (χ3v) is 2.88. The molecule has 1 saturated heterocycles. The zero-order valence-corrected chi connectivity index (χ0v) is 9.17. The Kier molecular flexibility index (Phi) is 3.51. The van der Waals surface area contributed by atoms with Crippen molar-refractivity contribution in [3.05, 3.63) is 30.1 Å². The first-order chi connectivity index (χ1) is 7.75. The first kappa shape index (κ1) is 11.1. The third kappa shape index (κ3) is 2.79. The lowest BCUT2D eigenvalue weighted by molar-refractivity contribution is -0.132. The molecule has 1 aliphatic heterocycles. The standard InChI is InChI=1S/C12H16N2O2/c15-11-4-7-14(8-5-11)12(16)9-10-3-1-2-6-13-10/h1-3,6,11,15H,4-5,7-9H2. The van der Waals surface area contributed by atoms with Gasteiger partial charge in [0.05, 0.1) is 12.5 Å². The van der Waals surface area contributed by atoms with Gasteiger partial charge in [-0.3, -0.25) is 9.78 Å². The van der Waals surface area contributed by atoms with Gasteiger partial charge in [0.2, 0.25) is 5.91 Å². The van der Waals surface area contributed by atoms with Crippen LogP contribution in [-0.2, 0) is 11.2 Å². The number of likely N-dealkylation sites (tertiary alicyclic amines) is 1. The van der Waals surface area contributed by atoms with Crippen LogP contribution >= 0.6 is 0 Å². The van der Waals surface area contributed by atoms with E-state index in [1.165, 1.54) is 0 Å². The summed E-state index contributed by atoms with van der Waals surface area (Å²) in [7, 11) is 0. The highest BCUT2D eigenvalue weighted by Gasteiger charge is 2.21. The number of carbonyl (C=O) groups excluding carboxylic acids is 1. The van der Waals surface area contributed by atoms with Crippen LogP contribution in [-0.4, -0.2) is 40.1 Å². The fourth-order valence-electron chi connectivity index (χ4n) is 1.88. The van der Waals surface area contributed by atoms with Gasteiger partial charge in [-0.05, 0) is 25.0 Å². The molecule has 0 atom stereocenters. The lowest BCUT2D eigenvalue weighted by Gasteiger charge is -2.29. The summed E-state index contributed by atoms with van der Waals surface area (Å²) in [5.74, 6) is 0.102. The van der Waals surface area contributed by atoms with Gasteiger partial charge >= 0.3 is 0 Å². The van der Waals surface area contributed by atoms with Crippen molar-refractivity contribution in [3.63, 3.8) is 0 Å². The van der Waals surface area contributed by atoms with E-state index in [2.05, 4.69) is 4.98 Å². The van der Waals surface area contributed by atoms with Crippen LogP contribution < -0.4 is 0 Å². The molecule has 1 fully saturated rings. The fraction of sp³-hybridized carbons (Fsp3) is 0.500. The van der Waals surface area contributed by atoms with Gasteiger partial charge in [0, 0.05) is 25.0 Å². The van der Waals surface area contributed by atoms with E-state index in [0.717, 1.165) is 5.69 Å². The van der Waals surface area contributed by atoms with E-state index in [9.17, 15) is 9.90 Å². The molecule has 86 valence electrons. The molecule has 16 heavy (non-hydrogen) atoms. The molecule has 2 heterocycles. The molecule has 0 aliphatic carbocycles. The second-order valence-electron chi connectivity index (χ2n) is 4.11. The molecule has 4 nitrogen and oxygen atoms in total. The topological polar surface area (TPSA) is 53.4 Å². The number of hydrogen-bond acceptors (Lipinski definition) is 3. The van der Waals surface area contributed by atoms with E-state index in [1.807, 2.05) is 18.2 Å². The maximum atomic E-state index is 11.9. The zero-order chi connectivity index (χ0) is 11.4. The van der Waals surface area contributed by atoms with Crippen LogP contribution in [0.1, 0.15) is 18.5 Å². The maximum Gasteiger partial charge on any atom is 0.228 e. The molecular formula is C12H16N2O2. The Balaban J connectivity index is 1.89. The molecule has 1 aromatic heterocycles. The van der Waals surface area contributed by atoms with E-state index >= 15 is 0 Å². The molecule has 0 unspecified atom stereocenters. The second kappa shape index (κ2) is 5.07. The van der Waals surface area contributed by atoms with Gasteiger partial charge in [-0.25, -0.2) is 0 Å². The van der Waals surface area contributed by atoms with Crippen LogP contribution in [0.25, 0.3) is 0 Å². The van der Waals surface area contributed by atoms with E-state index in [0.29, 0.717) is 32.4 Å². The van der Waals surface area contributed by atoms with Gasteiger partial charge in [0.1, 0.15) is 0 Å². The van der Waals surface area contributed by atoms with Gasteiger partial charge in [-0.2, -0.15) is 0 Å². The van der Waals surface area contributed by atoms with Crippen molar-refractivity contribution in [3.8, 4) is 0 Å². The number of rotatable bonds is 2. The summed E-state index contributed by atoms with van der Waals surface area (Å²) < 4.78 is 0. The van der Waals surface area contributed by atoms with Gasteiger partial charge < -0.3 is 10.0 Å². The lowest BCUT2D eigenvalue weighted by atomic mass is 10.1. The van der Waals surface area contributed by atoms with Crippen LogP contribution in [0.5, 0.6) is 0 Å². The molecule has 4 heteroatoms. The zero-order valence-electron chi connectivity index (χ0n) is 9.17. The minimum absolute atomic E-state index is 0.102. The van der Waals surface area contributed by atoms with Crippen LogP contribution in [0.15, 0.2) is 24.4 Å². The number of hydrogen-bond donors (Lipinski definition) is 1. The van der Waals surface area contributed by atoms with Crippen molar-refractivity contribution in [1.82, 2.24) is 9.88 Å². The maximum absolute atomic E-state index is 11.9. The number of nitrogens with zero attached hydrogens (tertiary/aromatic N) is 2. The van der Waals surface area contributed by atoms with Gasteiger partial charge in [-0.1, -0.05) is 6.07 Å². The number of piperidine rings is 1. The molecule has 1 N–H and O–H groups in total. The summed E-state index contributed by atoms with van der Waals surface area (Å²) in [5, 5.41) is 9.35. The Morgan fingerprint density at radius 2 is 2.19 bits per heavy atom. The highest BCUT2D eigenvalue weighted by molar-refractivity contribution is 5.78.